The molecule has 0 aliphatic rings. The van der Waals surface area contributed by atoms with Crippen LogP contribution in [-0.4, -0.2) is 49.0 Å². The number of amides is 1. The molecule has 0 aliphatic heterocycles. The molecule has 36 heavy (non-hydrogen) atoms. The molecule has 1 aromatic heterocycles. The summed E-state index contributed by atoms with van der Waals surface area (Å²) in [7, 11) is -0.873. The quantitative estimate of drug-likeness (QED) is 0.432. The van der Waals surface area contributed by atoms with E-state index in [-0.39, 0.29) is 16.3 Å². The Labute approximate surface area is 209 Å². The minimum atomic E-state index is -3.86. The third kappa shape index (κ3) is 6.28. The number of hydrogen-bond donors (Lipinski definition) is 1. The highest BCUT2D eigenvalue weighted by molar-refractivity contribution is 7.92. The molecule has 0 fully saturated rings. The fourth-order valence-electron chi connectivity index (χ4n) is 3.49. The first-order valence-corrected chi connectivity index (χ1v) is 12.8. The molecule has 0 saturated heterocycles. The number of aromatic nitrogens is 2. The van der Waals surface area contributed by atoms with Crippen LogP contribution in [0.4, 0.5) is 4.39 Å². The van der Waals surface area contributed by atoms with E-state index in [9.17, 15) is 22.4 Å². The van der Waals surface area contributed by atoms with Crippen LogP contribution >= 0.6 is 0 Å². The first kappa shape index (κ1) is 26.9. The van der Waals surface area contributed by atoms with E-state index < -0.39 is 45.4 Å². The van der Waals surface area contributed by atoms with Crippen molar-refractivity contribution < 1.29 is 31.9 Å². The second kappa shape index (κ2) is 10.9. The lowest BCUT2D eigenvalue weighted by molar-refractivity contribution is -0.144. The lowest BCUT2D eigenvalue weighted by Crippen LogP contribution is -2.28. The Kier molecular flexibility index (Phi) is 8.13. The standard InChI is InChI=1S/C25H28FN3O6S/c1-15(2)35-24(30)14-36(32,33)19-9-6-17(7-10-19)16(3)27-25(31)22-13-21(28-29(22)4)18-8-11-20(26)23(12-18)34-5/h6-13,15-16H,14H2,1-5H3,(H,27,31)/t16-/m1/s1. The number of sulfone groups is 1. The van der Waals surface area contributed by atoms with Crippen molar-refractivity contribution in [2.24, 2.45) is 7.05 Å². The summed E-state index contributed by atoms with van der Waals surface area (Å²) in [6.07, 6.45) is -0.409. The molecule has 192 valence electrons. The van der Waals surface area contributed by atoms with E-state index in [4.69, 9.17) is 9.47 Å². The van der Waals surface area contributed by atoms with Crippen molar-refractivity contribution in [3.63, 3.8) is 0 Å². The van der Waals surface area contributed by atoms with E-state index in [0.717, 1.165) is 0 Å². The van der Waals surface area contributed by atoms with Crippen molar-refractivity contribution in [3.8, 4) is 17.0 Å². The topological polar surface area (TPSA) is 117 Å². The van der Waals surface area contributed by atoms with Gasteiger partial charge in [-0.3, -0.25) is 14.3 Å². The van der Waals surface area contributed by atoms with Crippen LogP contribution in [-0.2, 0) is 26.4 Å². The number of carbonyl (C=O) groups is 2. The number of halogens is 1. The Hall–Kier alpha value is -3.73. The van der Waals surface area contributed by atoms with E-state index in [1.807, 2.05) is 0 Å². The number of nitrogens with one attached hydrogen (secondary N) is 1. The van der Waals surface area contributed by atoms with Gasteiger partial charge in [0.1, 0.15) is 5.69 Å². The van der Waals surface area contributed by atoms with Crippen molar-refractivity contribution in [1.82, 2.24) is 15.1 Å². The largest absolute Gasteiger partial charge is 0.494 e. The zero-order valence-electron chi connectivity index (χ0n) is 20.6. The minimum absolute atomic E-state index is 0.0171. The van der Waals surface area contributed by atoms with Crippen LogP contribution in [0.2, 0.25) is 0 Å². The first-order valence-electron chi connectivity index (χ1n) is 11.1. The molecule has 9 nitrogen and oxygen atoms in total. The molecule has 1 N–H and O–H groups in total. The summed E-state index contributed by atoms with van der Waals surface area (Å²) >= 11 is 0. The molecular weight excluding hydrogens is 489 g/mol. The van der Waals surface area contributed by atoms with E-state index in [2.05, 4.69) is 10.4 Å². The monoisotopic (exact) mass is 517 g/mol. The van der Waals surface area contributed by atoms with Gasteiger partial charge in [-0.25, -0.2) is 12.8 Å². The third-order valence-corrected chi connectivity index (χ3v) is 6.93. The van der Waals surface area contributed by atoms with Crippen molar-refractivity contribution in [3.05, 3.63) is 65.6 Å². The smallest absolute Gasteiger partial charge is 0.321 e. The third-order valence-electron chi connectivity index (χ3n) is 5.32. The SMILES string of the molecule is COc1cc(-c2cc(C(=O)N[C@H](C)c3ccc(S(=O)(=O)CC(=O)OC(C)C)cc3)n(C)n2)ccc1F. The maximum Gasteiger partial charge on any atom is 0.321 e. The molecule has 0 unspecified atom stereocenters. The summed E-state index contributed by atoms with van der Waals surface area (Å²) in [6.45, 7) is 5.03. The van der Waals surface area contributed by atoms with Crippen LogP contribution in [0, 0.1) is 5.82 Å². The Morgan fingerprint density at radius 3 is 2.36 bits per heavy atom. The Balaban J connectivity index is 1.71. The number of esters is 1. The second-order valence-corrected chi connectivity index (χ2v) is 10.4. The van der Waals surface area contributed by atoms with Gasteiger partial charge in [-0.2, -0.15) is 5.10 Å². The van der Waals surface area contributed by atoms with Crippen LogP contribution in [0.25, 0.3) is 11.3 Å². The molecule has 11 heteroatoms. The van der Waals surface area contributed by atoms with Crippen LogP contribution in [0.1, 0.15) is 42.9 Å². The predicted octanol–water partition coefficient (Wildman–Crippen LogP) is 3.45. The fraction of sp³-hybridized carbons (Fsp3) is 0.320. The summed E-state index contributed by atoms with van der Waals surface area (Å²) in [5.74, 6) is -2.40. The maximum absolute atomic E-state index is 13.7. The minimum Gasteiger partial charge on any atom is -0.494 e. The van der Waals surface area contributed by atoms with Gasteiger partial charge >= 0.3 is 5.97 Å². The molecule has 0 saturated carbocycles. The van der Waals surface area contributed by atoms with Gasteiger partial charge in [-0.05, 0) is 62.7 Å². The van der Waals surface area contributed by atoms with Crippen molar-refractivity contribution in [2.75, 3.05) is 12.9 Å². The number of carbonyl (C=O) groups excluding carboxylic acids is 2. The Bertz CT molecular complexity index is 1370. The summed E-state index contributed by atoms with van der Waals surface area (Å²) in [5, 5.41) is 7.19. The highest BCUT2D eigenvalue weighted by Crippen LogP contribution is 2.26. The average molecular weight is 518 g/mol. The predicted molar refractivity (Wildman–Crippen MR) is 131 cm³/mol. The summed E-state index contributed by atoms with van der Waals surface area (Å²) in [6, 6.07) is 11.4. The normalized spacial score (nSPS) is 12.3. The van der Waals surface area contributed by atoms with Gasteiger partial charge in [0, 0.05) is 12.6 Å². The molecule has 3 aromatic rings. The van der Waals surface area contributed by atoms with Gasteiger partial charge in [0.15, 0.2) is 27.2 Å². The molecule has 0 spiro atoms. The van der Waals surface area contributed by atoms with Gasteiger partial charge in [0.05, 0.1) is 29.8 Å². The first-order chi connectivity index (χ1) is 16.9. The van der Waals surface area contributed by atoms with E-state index >= 15 is 0 Å². The molecule has 0 radical (unpaired) electrons. The van der Waals surface area contributed by atoms with Gasteiger partial charge in [-0.15, -0.1) is 0 Å². The van der Waals surface area contributed by atoms with Crippen molar-refractivity contribution in [2.45, 2.75) is 37.8 Å². The van der Waals surface area contributed by atoms with Crippen LogP contribution in [0.15, 0.2) is 53.4 Å². The molecule has 2 aromatic carbocycles. The Morgan fingerprint density at radius 2 is 1.75 bits per heavy atom. The second-order valence-electron chi connectivity index (χ2n) is 8.45. The molecule has 1 atom stereocenters. The number of ether oxygens (including phenoxy) is 2. The summed E-state index contributed by atoms with van der Waals surface area (Å²) in [4.78, 5) is 24.6. The Morgan fingerprint density at radius 1 is 1.08 bits per heavy atom. The van der Waals surface area contributed by atoms with Crippen molar-refractivity contribution in [1.29, 1.82) is 0 Å². The number of aryl methyl sites for hydroxylation is 1. The molecule has 3 rings (SSSR count). The fourth-order valence-corrected chi connectivity index (χ4v) is 4.59. The van der Waals surface area contributed by atoms with E-state index in [1.54, 1.807) is 52.1 Å². The van der Waals surface area contributed by atoms with Gasteiger partial charge in [0.25, 0.3) is 5.91 Å². The van der Waals surface area contributed by atoms with Crippen molar-refractivity contribution >= 4 is 21.7 Å². The molecule has 1 amide bonds. The van der Waals surface area contributed by atoms with Gasteiger partial charge < -0.3 is 14.8 Å². The number of methoxy groups -OCH3 is 1. The van der Waals surface area contributed by atoms with Crippen LogP contribution in [0.3, 0.4) is 0 Å². The average Bonchev–Trinajstić information content (AvgIpc) is 3.20. The zero-order valence-corrected chi connectivity index (χ0v) is 21.4. The molecule has 0 bridgehead atoms. The van der Waals surface area contributed by atoms with Crippen LogP contribution in [0.5, 0.6) is 5.75 Å². The van der Waals surface area contributed by atoms with E-state index in [1.165, 1.54) is 36.1 Å². The lowest BCUT2D eigenvalue weighted by Gasteiger charge is -2.15. The highest BCUT2D eigenvalue weighted by atomic mass is 32.2. The van der Waals surface area contributed by atoms with Gasteiger partial charge in [-0.1, -0.05) is 12.1 Å². The summed E-state index contributed by atoms with van der Waals surface area (Å²) in [5.41, 5.74) is 2.00. The zero-order chi connectivity index (χ0) is 26.6. The number of benzene rings is 2. The highest BCUT2D eigenvalue weighted by Gasteiger charge is 2.22. The van der Waals surface area contributed by atoms with Gasteiger partial charge in [0.2, 0.25) is 0 Å². The maximum atomic E-state index is 13.7. The lowest BCUT2D eigenvalue weighted by atomic mass is 10.1. The van der Waals surface area contributed by atoms with Crippen LogP contribution < -0.4 is 10.1 Å². The summed E-state index contributed by atoms with van der Waals surface area (Å²) < 4.78 is 50.0. The number of rotatable bonds is 9. The number of nitrogens with zero attached hydrogens (tertiary/aromatic N) is 2. The molecule has 1 heterocycles. The molecular formula is C25H28FN3O6S. The van der Waals surface area contributed by atoms with E-state index in [0.29, 0.717) is 16.8 Å². The number of hydrogen-bond acceptors (Lipinski definition) is 7. The molecule has 0 aliphatic carbocycles.